The zero-order chi connectivity index (χ0) is 19.3. The van der Waals surface area contributed by atoms with Gasteiger partial charge in [-0.1, -0.05) is 46.4 Å². The number of rotatable bonds is 4. The summed E-state index contributed by atoms with van der Waals surface area (Å²) in [5, 5.41) is 27.4. The summed E-state index contributed by atoms with van der Waals surface area (Å²) in [6, 6.07) is 4.77. The summed E-state index contributed by atoms with van der Waals surface area (Å²) in [6.45, 7) is 0. The highest BCUT2D eigenvalue weighted by atomic mass is 35.5. The Kier molecular flexibility index (Phi) is 6.93. The number of halogens is 4. The largest absolute Gasteiger partial charge is 0.506 e. The van der Waals surface area contributed by atoms with E-state index in [4.69, 9.17) is 46.4 Å². The van der Waals surface area contributed by atoms with Gasteiger partial charge in [0.1, 0.15) is 11.5 Å². The Hall–Kier alpha value is -2.19. The van der Waals surface area contributed by atoms with Crippen LogP contribution in [0.15, 0.2) is 34.5 Å². The Labute approximate surface area is 167 Å². The van der Waals surface area contributed by atoms with Gasteiger partial charge in [0.05, 0.1) is 22.5 Å². The van der Waals surface area contributed by atoms with Gasteiger partial charge in [0.2, 0.25) is 0 Å². The normalized spacial score (nSPS) is 11.2. The number of nitrogens with one attached hydrogen (secondary N) is 2. The second kappa shape index (κ2) is 8.95. The van der Waals surface area contributed by atoms with Gasteiger partial charge in [0.25, 0.3) is 0 Å². The molecule has 2 aromatic rings. The maximum atomic E-state index is 11.6. The number of phenolic OH excluding ortho intramolecular Hbond substituents is 2. The summed E-state index contributed by atoms with van der Waals surface area (Å²) in [6.07, 6.45) is 2.30. The average molecular weight is 436 g/mol. The van der Waals surface area contributed by atoms with Crippen LogP contribution in [0.2, 0.25) is 20.1 Å². The Morgan fingerprint density at radius 2 is 1.19 bits per heavy atom. The molecule has 11 heteroatoms. The van der Waals surface area contributed by atoms with Gasteiger partial charge >= 0.3 is 6.03 Å². The summed E-state index contributed by atoms with van der Waals surface area (Å²) in [4.78, 5) is 11.6. The van der Waals surface area contributed by atoms with Crippen LogP contribution < -0.4 is 10.9 Å². The van der Waals surface area contributed by atoms with Gasteiger partial charge in [0, 0.05) is 21.2 Å². The molecule has 0 saturated carbocycles. The first-order chi connectivity index (χ1) is 12.3. The zero-order valence-corrected chi connectivity index (χ0v) is 15.7. The number of amides is 2. The highest BCUT2D eigenvalue weighted by molar-refractivity contribution is 6.36. The molecule has 4 N–H and O–H groups in total. The molecule has 0 radical (unpaired) electrons. The van der Waals surface area contributed by atoms with Crippen LogP contribution in [0.5, 0.6) is 11.5 Å². The van der Waals surface area contributed by atoms with E-state index >= 15 is 0 Å². The first-order valence-electron chi connectivity index (χ1n) is 6.76. The second-order valence-corrected chi connectivity index (χ2v) is 6.41. The Morgan fingerprint density at radius 1 is 0.808 bits per heavy atom. The van der Waals surface area contributed by atoms with E-state index in [0.717, 1.165) is 12.4 Å². The summed E-state index contributed by atoms with van der Waals surface area (Å²) in [5.74, 6) is -0.457. The van der Waals surface area contributed by atoms with E-state index in [9.17, 15) is 15.0 Å². The molecule has 0 aliphatic heterocycles. The third-order valence-electron chi connectivity index (χ3n) is 2.85. The van der Waals surface area contributed by atoms with Crippen LogP contribution >= 0.6 is 46.4 Å². The molecule has 0 saturated heterocycles. The van der Waals surface area contributed by atoms with Crippen molar-refractivity contribution in [1.29, 1.82) is 0 Å². The van der Waals surface area contributed by atoms with Crippen LogP contribution in [0.1, 0.15) is 11.1 Å². The van der Waals surface area contributed by atoms with Crippen molar-refractivity contribution in [2.75, 3.05) is 0 Å². The number of hydrazone groups is 2. The minimum atomic E-state index is -0.780. The third kappa shape index (κ3) is 5.40. The molecule has 0 bridgehead atoms. The van der Waals surface area contributed by atoms with Gasteiger partial charge in [-0.3, -0.25) is 0 Å². The van der Waals surface area contributed by atoms with Crippen LogP contribution in [-0.4, -0.2) is 28.7 Å². The van der Waals surface area contributed by atoms with Crippen LogP contribution in [0.3, 0.4) is 0 Å². The maximum Gasteiger partial charge on any atom is 0.355 e. The van der Waals surface area contributed by atoms with Crippen molar-refractivity contribution < 1.29 is 15.0 Å². The monoisotopic (exact) mass is 434 g/mol. The van der Waals surface area contributed by atoms with E-state index in [-0.39, 0.29) is 32.7 Å². The number of carbonyl (C=O) groups excluding carboxylic acids is 1. The zero-order valence-electron chi connectivity index (χ0n) is 12.7. The predicted molar refractivity (Wildman–Crippen MR) is 103 cm³/mol. The maximum absolute atomic E-state index is 11.6. The molecule has 26 heavy (non-hydrogen) atoms. The molecule has 0 atom stereocenters. The Bertz CT molecular complexity index is 831. The van der Waals surface area contributed by atoms with Gasteiger partial charge in [-0.25, -0.2) is 15.6 Å². The number of hydrogen-bond donors (Lipinski definition) is 4. The van der Waals surface area contributed by atoms with Crippen molar-refractivity contribution in [3.63, 3.8) is 0 Å². The lowest BCUT2D eigenvalue weighted by molar-refractivity contribution is 0.242. The molecule has 0 spiro atoms. The first kappa shape index (κ1) is 20.1. The van der Waals surface area contributed by atoms with Crippen LogP contribution in [0.25, 0.3) is 0 Å². The van der Waals surface area contributed by atoms with E-state index in [0.29, 0.717) is 10.0 Å². The second-order valence-electron chi connectivity index (χ2n) is 4.72. The molecule has 0 aliphatic carbocycles. The number of hydrogen-bond acceptors (Lipinski definition) is 5. The molecule has 136 valence electrons. The van der Waals surface area contributed by atoms with Crippen molar-refractivity contribution in [3.8, 4) is 11.5 Å². The molecular weight excluding hydrogens is 426 g/mol. The number of urea groups is 1. The lowest BCUT2D eigenvalue weighted by Gasteiger charge is -2.03. The van der Waals surface area contributed by atoms with Crippen LogP contribution in [-0.2, 0) is 0 Å². The van der Waals surface area contributed by atoms with E-state index in [1.165, 1.54) is 24.3 Å². The van der Waals surface area contributed by atoms with Crippen molar-refractivity contribution in [3.05, 3.63) is 55.5 Å². The lowest BCUT2D eigenvalue weighted by Crippen LogP contribution is -2.28. The Morgan fingerprint density at radius 3 is 1.58 bits per heavy atom. The number of nitrogens with zero attached hydrogens (tertiary/aromatic N) is 2. The van der Waals surface area contributed by atoms with Crippen molar-refractivity contribution in [1.82, 2.24) is 10.9 Å². The highest BCUT2D eigenvalue weighted by Gasteiger charge is 2.07. The van der Waals surface area contributed by atoms with Gasteiger partial charge < -0.3 is 10.2 Å². The minimum Gasteiger partial charge on any atom is -0.506 e. The summed E-state index contributed by atoms with van der Waals surface area (Å²) >= 11 is 23.2. The SMILES string of the molecule is O=C(N/N=C/c1cc(Cl)cc(Cl)c1O)N/N=C/c1cc(Cl)cc(Cl)c1O. The third-order valence-corrected chi connectivity index (χ3v) is 3.87. The highest BCUT2D eigenvalue weighted by Crippen LogP contribution is 2.30. The summed E-state index contributed by atoms with van der Waals surface area (Å²) in [5.41, 5.74) is 4.65. The molecule has 2 aromatic carbocycles. The van der Waals surface area contributed by atoms with Crippen molar-refractivity contribution >= 4 is 64.9 Å². The lowest BCUT2D eigenvalue weighted by atomic mass is 10.2. The number of benzene rings is 2. The molecule has 0 fully saturated rings. The predicted octanol–water partition coefficient (Wildman–Crippen LogP) is 4.38. The molecule has 0 unspecified atom stereocenters. The average Bonchev–Trinajstić information content (AvgIpc) is 2.56. The number of aromatic hydroxyl groups is 2. The summed E-state index contributed by atoms with van der Waals surface area (Å²) in [7, 11) is 0. The molecular formula is C15H10Cl4N4O3. The molecule has 2 amide bonds. The van der Waals surface area contributed by atoms with Crippen LogP contribution in [0, 0.1) is 0 Å². The smallest absolute Gasteiger partial charge is 0.355 e. The summed E-state index contributed by atoms with van der Waals surface area (Å²) < 4.78 is 0. The fraction of sp³-hybridized carbons (Fsp3) is 0. The minimum absolute atomic E-state index is 0.0491. The quantitative estimate of drug-likeness (QED) is 0.422. The van der Waals surface area contributed by atoms with E-state index in [2.05, 4.69) is 21.1 Å². The topological polar surface area (TPSA) is 106 Å². The van der Waals surface area contributed by atoms with Gasteiger partial charge in [-0.05, 0) is 24.3 Å². The fourth-order valence-corrected chi connectivity index (χ4v) is 2.73. The Balaban J connectivity index is 1.96. The van der Waals surface area contributed by atoms with E-state index in [1.54, 1.807) is 0 Å². The molecule has 2 rings (SSSR count). The number of phenols is 2. The molecule has 0 aliphatic rings. The van der Waals surface area contributed by atoms with E-state index < -0.39 is 6.03 Å². The molecule has 7 nitrogen and oxygen atoms in total. The molecule has 0 heterocycles. The van der Waals surface area contributed by atoms with Gasteiger partial charge in [-0.2, -0.15) is 10.2 Å². The first-order valence-corrected chi connectivity index (χ1v) is 8.27. The van der Waals surface area contributed by atoms with E-state index in [1.807, 2.05) is 0 Å². The van der Waals surface area contributed by atoms with Crippen LogP contribution in [0.4, 0.5) is 4.79 Å². The van der Waals surface area contributed by atoms with Crippen molar-refractivity contribution in [2.45, 2.75) is 0 Å². The number of carbonyl (C=O) groups is 1. The standard InChI is InChI=1S/C15H10Cl4N4O3/c16-9-1-7(13(24)11(18)3-9)5-20-22-15(26)23-21-6-8-2-10(17)4-12(19)14(8)25/h1-6,24-25H,(H2,22,23,26)/b20-5+,21-6+. The van der Waals surface area contributed by atoms with Crippen molar-refractivity contribution in [2.24, 2.45) is 10.2 Å². The van der Waals surface area contributed by atoms with Gasteiger partial charge in [-0.15, -0.1) is 0 Å². The molecule has 0 aromatic heterocycles. The van der Waals surface area contributed by atoms with Gasteiger partial charge in [0.15, 0.2) is 0 Å². The fourth-order valence-electron chi connectivity index (χ4n) is 1.71.